The van der Waals surface area contributed by atoms with Crippen LogP contribution in [0.15, 0.2) is 48.5 Å². The van der Waals surface area contributed by atoms with Crippen LogP contribution >= 0.6 is 0 Å². The van der Waals surface area contributed by atoms with E-state index in [0.717, 1.165) is 11.1 Å². The monoisotopic (exact) mass is 239 g/mol. The standard InChI is InChI=1S/C15H13NO2/c1-12-7-8-14(11-15(12)16(17)18)10-9-13-5-3-2-4-6-13/h2-11H,1H3. The Labute approximate surface area is 106 Å². The zero-order valence-corrected chi connectivity index (χ0v) is 10.0. The summed E-state index contributed by atoms with van der Waals surface area (Å²) < 4.78 is 0. The highest BCUT2D eigenvalue weighted by Gasteiger charge is 2.09. The van der Waals surface area contributed by atoms with E-state index in [-0.39, 0.29) is 10.6 Å². The number of hydrogen-bond donors (Lipinski definition) is 0. The molecular formula is C15H13NO2. The highest BCUT2D eigenvalue weighted by molar-refractivity contribution is 5.70. The number of nitro benzene ring substituents is 1. The highest BCUT2D eigenvalue weighted by Crippen LogP contribution is 2.20. The molecule has 0 spiro atoms. The van der Waals surface area contributed by atoms with E-state index < -0.39 is 0 Å². The molecule has 0 amide bonds. The lowest BCUT2D eigenvalue weighted by Gasteiger charge is -1.98. The van der Waals surface area contributed by atoms with Gasteiger partial charge in [-0.1, -0.05) is 54.6 Å². The third-order valence-corrected chi connectivity index (χ3v) is 2.70. The second-order valence-corrected chi connectivity index (χ2v) is 4.05. The van der Waals surface area contributed by atoms with Crippen LogP contribution in [0.2, 0.25) is 0 Å². The Morgan fingerprint density at radius 2 is 1.67 bits per heavy atom. The lowest BCUT2D eigenvalue weighted by molar-refractivity contribution is -0.385. The van der Waals surface area contributed by atoms with Crippen molar-refractivity contribution < 1.29 is 4.92 Å². The van der Waals surface area contributed by atoms with Gasteiger partial charge in [-0.3, -0.25) is 10.1 Å². The van der Waals surface area contributed by atoms with E-state index >= 15 is 0 Å². The molecular weight excluding hydrogens is 226 g/mol. The summed E-state index contributed by atoms with van der Waals surface area (Å²) in [6.07, 6.45) is 3.82. The Kier molecular flexibility index (Phi) is 3.53. The minimum atomic E-state index is -0.352. The van der Waals surface area contributed by atoms with E-state index in [2.05, 4.69) is 0 Å². The summed E-state index contributed by atoms with van der Waals surface area (Å²) in [6.45, 7) is 1.74. The van der Waals surface area contributed by atoms with Gasteiger partial charge in [0.15, 0.2) is 0 Å². The Hall–Kier alpha value is -2.42. The number of rotatable bonds is 3. The molecule has 0 radical (unpaired) electrons. The van der Waals surface area contributed by atoms with Crippen molar-refractivity contribution >= 4 is 17.8 Å². The van der Waals surface area contributed by atoms with Gasteiger partial charge in [-0.2, -0.15) is 0 Å². The number of nitrogens with zero attached hydrogens (tertiary/aromatic N) is 1. The van der Waals surface area contributed by atoms with Crippen LogP contribution in [0.5, 0.6) is 0 Å². The molecule has 0 saturated carbocycles. The lowest BCUT2D eigenvalue weighted by atomic mass is 10.1. The molecule has 0 aromatic heterocycles. The summed E-state index contributed by atoms with van der Waals surface area (Å²) in [6, 6.07) is 15.1. The van der Waals surface area contributed by atoms with Crippen molar-refractivity contribution in [2.24, 2.45) is 0 Å². The van der Waals surface area contributed by atoms with E-state index in [1.807, 2.05) is 48.6 Å². The van der Waals surface area contributed by atoms with Crippen LogP contribution in [0.4, 0.5) is 5.69 Å². The van der Waals surface area contributed by atoms with Crippen molar-refractivity contribution in [1.82, 2.24) is 0 Å². The van der Waals surface area contributed by atoms with Crippen LogP contribution in [-0.2, 0) is 0 Å². The van der Waals surface area contributed by atoms with Gasteiger partial charge in [0.2, 0.25) is 0 Å². The first-order valence-corrected chi connectivity index (χ1v) is 5.65. The zero-order chi connectivity index (χ0) is 13.0. The maximum atomic E-state index is 10.8. The summed E-state index contributed by atoms with van der Waals surface area (Å²) in [5.41, 5.74) is 2.74. The molecule has 90 valence electrons. The normalized spacial score (nSPS) is 10.7. The average molecular weight is 239 g/mol. The smallest absolute Gasteiger partial charge is 0.258 e. The molecule has 0 N–H and O–H groups in total. The van der Waals surface area contributed by atoms with E-state index in [4.69, 9.17) is 0 Å². The van der Waals surface area contributed by atoms with Crippen LogP contribution in [-0.4, -0.2) is 4.92 Å². The molecule has 3 nitrogen and oxygen atoms in total. The van der Waals surface area contributed by atoms with Gasteiger partial charge in [0.05, 0.1) is 4.92 Å². The van der Waals surface area contributed by atoms with E-state index in [1.54, 1.807) is 19.1 Å². The Bertz CT molecular complexity index is 589. The van der Waals surface area contributed by atoms with Crippen molar-refractivity contribution in [3.63, 3.8) is 0 Å². The van der Waals surface area contributed by atoms with Gasteiger partial charge in [-0.05, 0) is 18.1 Å². The average Bonchev–Trinajstić information content (AvgIpc) is 2.38. The molecule has 2 aromatic carbocycles. The Morgan fingerprint density at radius 3 is 2.33 bits per heavy atom. The SMILES string of the molecule is Cc1ccc(C=Cc2ccccc2)cc1[N+](=O)[O-]. The molecule has 0 aliphatic rings. The van der Waals surface area contributed by atoms with Crippen LogP contribution in [0, 0.1) is 17.0 Å². The highest BCUT2D eigenvalue weighted by atomic mass is 16.6. The van der Waals surface area contributed by atoms with Gasteiger partial charge in [-0.15, -0.1) is 0 Å². The summed E-state index contributed by atoms with van der Waals surface area (Å²) in [4.78, 5) is 10.5. The third-order valence-electron chi connectivity index (χ3n) is 2.70. The summed E-state index contributed by atoms with van der Waals surface area (Å²) in [5, 5.41) is 10.8. The number of hydrogen-bond acceptors (Lipinski definition) is 2. The first-order chi connectivity index (χ1) is 8.66. The van der Waals surface area contributed by atoms with Crippen LogP contribution < -0.4 is 0 Å². The van der Waals surface area contributed by atoms with Crippen molar-refractivity contribution in [1.29, 1.82) is 0 Å². The van der Waals surface area contributed by atoms with Crippen LogP contribution in [0.1, 0.15) is 16.7 Å². The largest absolute Gasteiger partial charge is 0.272 e. The minimum absolute atomic E-state index is 0.158. The van der Waals surface area contributed by atoms with E-state index in [1.165, 1.54) is 0 Å². The van der Waals surface area contributed by atoms with Gasteiger partial charge in [-0.25, -0.2) is 0 Å². The summed E-state index contributed by atoms with van der Waals surface area (Å²) in [5.74, 6) is 0. The molecule has 0 fully saturated rings. The van der Waals surface area contributed by atoms with Crippen molar-refractivity contribution in [3.05, 3.63) is 75.3 Å². The fraction of sp³-hybridized carbons (Fsp3) is 0.0667. The van der Waals surface area contributed by atoms with Gasteiger partial charge in [0.1, 0.15) is 0 Å². The van der Waals surface area contributed by atoms with Crippen molar-refractivity contribution in [2.45, 2.75) is 6.92 Å². The molecule has 0 atom stereocenters. The van der Waals surface area contributed by atoms with Crippen molar-refractivity contribution in [2.75, 3.05) is 0 Å². The van der Waals surface area contributed by atoms with Crippen LogP contribution in [0.3, 0.4) is 0 Å². The minimum Gasteiger partial charge on any atom is -0.258 e. The Morgan fingerprint density at radius 1 is 1.00 bits per heavy atom. The first-order valence-electron chi connectivity index (χ1n) is 5.65. The first kappa shape index (κ1) is 12.0. The van der Waals surface area contributed by atoms with Gasteiger partial charge in [0.25, 0.3) is 5.69 Å². The number of benzene rings is 2. The molecule has 0 bridgehead atoms. The fourth-order valence-corrected chi connectivity index (χ4v) is 1.68. The van der Waals surface area contributed by atoms with E-state index in [0.29, 0.717) is 5.56 Å². The molecule has 2 aromatic rings. The second-order valence-electron chi connectivity index (χ2n) is 4.05. The van der Waals surface area contributed by atoms with Gasteiger partial charge < -0.3 is 0 Å². The number of nitro groups is 1. The molecule has 0 unspecified atom stereocenters. The summed E-state index contributed by atoms with van der Waals surface area (Å²) >= 11 is 0. The second kappa shape index (κ2) is 5.27. The maximum absolute atomic E-state index is 10.8. The molecule has 0 saturated heterocycles. The molecule has 0 heterocycles. The third kappa shape index (κ3) is 2.83. The molecule has 3 heteroatoms. The fourth-order valence-electron chi connectivity index (χ4n) is 1.68. The van der Waals surface area contributed by atoms with Gasteiger partial charge in [0, 0.05) is 11.6 Å². The van der Waals surface area contributed by atoms with Crippen LogP contribution in [0.25, 0.3) is 12.2 Å². The molecule has 2 rings (SSSR count). The zero-order valence-electron chi connectivity index (χ0n) is 10.0. The lowest BCUT2D eigenvalue weighted by Crippen LogP contribution is -1.91. The summed E-state index contributed by atoms with van der Waals surface area (Å²) in [7, 11) is 0. The maximum Gasteiger partial charge on any atom is 0.272 e. The quantitative estimate of drug-likeness (QED) is 0.460. The topological polar surface area (TPSA) is 43.1 Å². The molecule has 0 aliphatic heterocycles. The van der Waals surface area contributed by atoms with Gasteiger partial charge >= 0.3 is 0 Å². The molecule has 0 aliphatic carbocycles. The number of aryl methyl sites for hydroxylation is 1. The Balaban J connectivity index is 2.28. The molecule has 18 heavy (non-hydrogen) atoms. The van der Waals surface area contributed by atoms with Crippen molar-refractivity contribution in [3.8, 4) is 0 Å². The predicted octanol–water partition coefficient (Wildman–Crippen LogP) is 4.07. The van der Waals surface area contributed by atoms with E-state index in [9.17, 15) is 10.1 Å². The predicted molar refractivity (Wildman–Crippen MR) is 73.2 cm³/mol.